The standard InChI is InChI=1S/C12H16ClNO2/c1-8-5-11(6-9(2)15-8)16-12-4-3-10(13)7-14-12/h3-4,7-9,11H,5-6H2,1-2H3. The second-order valence-corrected chi connectivity index (χ2v) is 4.72. The van der Waals surface area contributed by atoms with Gasteiger partial charge in [0.15, 0.2) is 0 Å². The average Bonchev–Trinajstić information content (AvgIpc) is 2.20. The number of halogens is 1. The van der Waals surface area contributed by atoms with Gasteiger partial charge in [0, 0.05) is 25.1 Å². The Bertz CT molecular complexity index is 331. The zero-order valence-corrected chi connectivity index (χ0v) is 10.3. The monoisotopic (exact) mass is 241 g/mol. The molecule has 0 spiro atoms. The van der Waals surface area contributed by atoms with Crippen molar-refractivity contribution in [1.82, 2.24) is 4.98 Å². The molecule has 3 nitrogen and oxygen atoms in total. The first-order chi connectivity index (χ1) is 7.63. The van der Waals surface area contributed by atoms with Crippen LogP contribution in [0.2, 0.25) is 5.02 Å². The molecule has 0 amide bonds. The van der Waals surface area contributed by atoms with Crippen LogP contribution in [0.3, 0.4) is 0 Å². The Morgan fingerprint density at radius 1 is 1.31 bits per heavy atom. The Morgan fingerprint density at radius 2 is 2.00 bits per heavy atom. The van der Waals surface area contributed by atoms with Crippen LogP contribution in [-0.2, 0) is 4.74 Å². The molecule has 1 aromatic rings. The Kier molecular flexibility index (Phi) is 3.66. The maximum atomic E-state index is 5.80. The summed E-state index contributed by atoms with van der Waals surface area (Å²) in [5.41, 5.74) is 0. The van der Waals surface area contributed by atoms with E-state index in [4.69, 9.17) is 21.1 Å². The third kappa shape index (κ3) is 3.09. The van der Waals surface area contributed by atoms with E-state index in [0.29, 0.717) is 10.9 Å². The van der Waals surface area contributed by atoms with Gasteiger partial charge in [0.25, 0.3) is 0 Å². The van der Waals surface area contributed by atoms with E-state index >= 15 is 0 Å². The summed E-state index contributed by atoms with van der Waals surface area (Å²) in [5, 5.41) is 0.626. The molecule has 1 saturated heterocycles. The Hall–Kier alpha value is -0.800. The largest absolute Gasteiger partial charge is 0.474 e. The smallest absolute Gasteiger partial charge is 0.213 e. The molecular formula is C12H16ClNO2. The highest BCUT2D eigenvalue weighted by molar-refractivity contribution is 6.30. The number of pyridine rings is 1. The molecule has 0 bridgehead atoms. The molecule has 1 fully saturated rings. The fourth-order valence-corrected chi connectivity index (χ4v) is 2.16. The normalized spacial score (nSPS) is 30.1. The molecule has 16 heavy (non-hydrogen) atoms. The van der Waals surface area contributed by atoms with E-state index in [1.54, 1.807) is 18.3 Å². The number of ether oxygens (including phenoxy) is 2. The molecule has 0 aliphatic carbocycles. The van der Waals surface area contributed by atoms with Crippen LogP contribution in [0, 0.1) is 0 Å². The first-order valence-electron chi connectivity index (χ1n) is 5.57. The number of nitrogens with zero attached hydrogens (tertiary/aromatic N) is 1. The van der Waals surface area contributed by atoms with Crippen LogP contribution in [-0.4, -0.2) is 23.3 Å². The first kappa shape index (κ1) is 11.7. The number of hydrogen-bond acceptors (Lipinski definition) is 3. The minimum Gasteiger partial charge on any atom is -0.474 e. The highest BCUT2D eigenvalue weighted by Gasteiger charge is 2.25. The minimum atomic E-state index is 0.187. The first-order valence-corrected chi connectivity index (χ1v) is 5.95. The lowest BCUT2D eigenvalue weighted by atomic mass is 10.0. The lowest BCUT2D eigenvalue weighted by Crippen LogP contribution is -2.35. The predicted octanol–water partition coefficient (Wildman–Crippen LogP) is 3.07. The SMILES string of the molecule is CC1CC(Oc2ccc(Cl)cn2)CC(C)O1. The van der Waals surface area contributed by atoms with E-state index in [9.17, 15) is 0 Å². The van der Waals surface area contributed by atoms with E-state index in [0.717, 1.165) is 12.8 Å². The van der Waals surface area contributed by atoms with Crippen molar-refractivity contribution in [3.05, 3.63) is 23.4 Å². The van der Waals surface area contributed by atoms with E-state index in [2.05, 4.69) is 18.8 Å². The van der Waals surface area contributed by atoms with Gasteiger partial charge in [-0.1, -0.05) is 11.6 Å². The molecular weight excluding hydrogens is 226 g/mol. The van der Waals surface area contributed by atoms with Gasteiger partial charge in [0.1, 0.15) is 6.10 Å². The Labute approximate surface area is 101 Å². The Morgan fingerprint density at radius 3 is 2.56 bits per heavy atom. The maximum absolute atomic E-state index is 5.80. The quantitative estimate of drug-likeness (QED) is 0.798. The van der Waals surface area contributed by atoms with Gasteiger partial charge in [-0.15, -0.1) is 0 Å². The third-order valence-corrected chi connectivity index (χ3v) is 2.87. The molecule has 0 saturated carbocycles. The molecule has 2 atom stereocenters. The molecule has 2 rings (SSSR count). The van der Waals surface area contributed by atoms with Crippen molar-refractivity contribution in [3.63, 3.8) is 0 Å². The average molecular weight is 242 g/mol. The van der Waals surface area contributed by atoms with Crippen molar-refractivity contribution >= 4 is 11.6 Å². The highest BCUT2D eigenvalue weighted by atomic mass is 35.5. The van der Waals surface area contributed by atoms with E-state index < -0.39 is 0 Å². The van der Waals surface area contributed by atoms with Crippen molar-refractivity contribution < 1.29 is 9.47 Å². The van der Waals surface area contributed by atoms with Crippen molar-refractivity contribution in [3.8, 4) is 5.88 Å². The topological polar surface area (TPSA) is 31.4 Å². The van der Waals surface area contributed by atoms with Crippen molar-refractivity contribution in [2.45, 2.75) is 45.0 Å². The molecule has 88 valence electrons. The Balaban J connectivity index is 1.96. The van der Waals surface area contributed by atoms with E-state index in [1.807, 2.05) is 0 Å². The summed E-state index contributed by atoms with van der Waals surface area (Å²) >= 11 is 5.76. The summed E-state index contributed by atoms with van der Waals surface area (Å²) < 4.78 is 11.5. The number of hydrogen-bond donors (Lipinski definition) is 0. The zero-order valence-electron chi connectivity index (χ0n) is 9.52. The van der Waals surface area contributed by atoms with Gasteiger partial charge >= 0.3 is 0 Å². The second-order valence-electron chi connectivity index (χ2n) is 4.28. The summed E-state index contributed by atoms with van der Waals surface area (Å²) in [7, 11) is 0. The second kappa shape index (κ2) is 5.02. The van der Waals surface area contributed by atoms with Crippen molar-refractivity contribution in [2.24, 2.45) is 0 Å². The lowest BCUT2D eigenvalue weighted by molar-refractivity contribution is -0.0729. The number of rotatable bonds is 2. The van der Waals surface area contributed by atoms with Crippen LogP contribution < -0.4 is 4.74 Å². The fraction of sp³-hybridized carbons (Fsp3) is 0.583. The summed E-state index contributed by atoms with van der Waals surface area (Å²) in [6, 6.07) is 3.59. The van der Waals surface area contributed by atoms with Crippen molar-refractivity contribution in [1.29, 1.82) is 0 Å². The molecule has 0 N–H and O–H groups in total. The predicted molar refractivity (Wildman–Crippen MR) is 62.9 cm³/mol. The highest BCUT2D eigenvalue weighted by Crippen LogP contribution is 2.23. The molecule has 0 aromatic carbocycles. The van der Waals surface area contributed by atoms with Crippen LogP contribution >= 0.6 is 11.6 Å². The van der Waals surface area contributed by atoms with Gasteiger partial charge < -0.3 is 9.47 Å². The molecule has 4 heteroatoms. The maximum Gasteiger partial charge on any atom is 0.213 e. The molecule has 0 radical (unpaired) electrons. The van der Waals surface area contributed by atoms with Gasteiger partial charge in [0.05, 0.1) is 17.2 Å². The molecule has 1 aliphatic heterocycles. The van der Waals surface area contributed by atoms with Crippen LogP contribution in [0.5, 0.6) is 5.88 Å². The summed E-state index contributed by atoms with van der Waals surface area (Å²) in [5.74, 6) is 0.635. The van der Waals surface area contributed by atoms with E-state index in [-0.39, 0.29) is 18.3 Å². The molecule has 1 aromatic heterocycles. The number of aromatic nitrogens is 1. The van der Waals surface area contributed by atoms with E-state index in [1.165, 1.54) is 0 Å². The van der Waals surface area contributed by atoms with Gasteiger partial charge in [-0.05, 0) is 19.9 Å². The van der Waals surface area contributed by atoms with Crippen LogP contribution in [0.25, 0.3) is 0 Å². The van der Waals surface area contributed by atoms with Crippen LogP contribution in [0.1, 0.15) is 26.7 Å². The van der Waals surface area contributed by atoms with Gasteiger partial charge in [0.2, 0.25) is 5.88 Å². The van der Waals surface area contributed by atoms with Crippen LogP contribution in [0.15, 0.2) is 18.3 Å². The van der Waals surface area contributed by atoms with Crippen molar-refractivity contribution in [2.75, 3.05) is 0 Å². The van der Waals surface area contributed by atoms with Crippen LogP contribution in [0.4, 0.5) is 0 Å². The molecule has 2 heterocycles. The van der Waals surface area contributed by atoms with Gasteiger partial charge in [-0.25, -0.2) is 4.98 Å². The fourth-order valence-electron chi connectivity index (χ4n) is 2.04. The molecule has 2 unspecified atom stereocenters. The summed E-state index contributed by atoms with van der Waals surface area (Å²) in [4.78, 5) is 4.13. The molecule has 1 aliphatic rings. The lowest BCUT2D eigenvalue weighted by Gasteiger charge is -2.31. The van der Waals surface area contributed by atoms with Gasteiger partial charge in [-0.2, -0.15) is 0 Å². The zero-order chi connectivity index (χ0) is 11.5. The summed E-state index contributed by atoms with van der Waals surface area (Å²) in [6.07, 6.45) is 4.11. The minimum absolute atomic E-state index is 0.187. The summed E-state index contributed by atoms with van der Waals surface area (Å²) in [6.45, 7) is 4.14. The third-order valence-electron chi connectivity index (χ3n) is 2.64. The van der Waals surface area contributed by atoms with Gasteiger partial charge in [-0.3, -0.25) is 0 Å².